The topological polar surface area (TPSA) is 15.3 Å². The SMILES string of the molecule is CCC[C@@H](c1c(Cl)ccc(Cl)c1Cl)N1CCNCC1. The smallest absolute Gasteiger partial charge is 0.0655 e. The average Bonchev–Trinajstić information content (AvgIpc) is 2.43. The third kappa shape index (κ3) is 3.56. The van der Waals surface area contributed by atoms with E-state index in [0.29, 0.717) is 15.1 Å². The molecule has 1 fully saturated rings. The molecule has 1 aromatic rings. The fourth-order valence-corrected chi connectivity index (χ4v) is 3.41. The summed E-state index contributed by atoms with van der Waals surface area (Å²) in [6.07, 6.45) is 2.13. The molecule has 2 rings (SSSR count). The van der Waals surface area contributed by atoms with Gasteiger partial charge in [0, 0.05) is 42.8 Å². The molecule has 5 heteroatoms. The normalized spacial score (nSPS) is 18.5. The predicted molar refractivity (Wildman–Crippen MR) is 83.6 cm³/mol. The maximum Gasteiger partial charge on any atom is 0.0655 e. The van der Waals surface area contributed by atoms with Crippen molar-refractivity contribution in [2.24, 2.45) is 0 Å². The Bertz CT molecular complexity index is 431. The van der Waals surface area contributed by atoms with Crippen LogP contribution in [0.25, 0.3) is 0 Å². The van der Waals surface area contributed by atoms with Crippen molar-refractivity contribution in [1.29, 1.82) is 0 Å². The summed E-state index contributed by atoms with van der Waals surface area (Å²) in [5.74, 6) is 0. The summed E-state index contributed by atoms with van der Waals surface area (Å²) in [5, 5.41) is 5.27. The van der Waals surface area contributed by atoms with Crippen molar-refractivity contribution in [3.05, 3.63) is 32.8 Å². The van der Waals surface area contributed by atoms with Gasteiger partial charge in [-0.05, 0) is 18.6 Å². The first-order valence-corrected chi connectivity index (χ1v) is 7.86. The first kappa shape index (κ1) is 15.4. The Balaban J connectivity index is 2.35. The Morgan fingerprint density at radius 2 is 1.79 bits per heavy atom. The van der Waals surface area contributed by atoms with Crippen LogP contribution in [0.4, 0.5) is 0 Å². The Morgan fingerprint density at radius 1 is 1.16 bits per heavy atom. The maximum atomic E-state index is 6.39. The van der Waals surface area contributed by atoms with E-state index in [1.54, 1.807) is 6.07 Å². The molecule has 0 radical (unpaired) electrons. The Hall–Kier alpha value is 0.01000. The zero-order chi connectivity index (χ0) is 13.8. The summed E-state index contributed by atoms with van der Waals surface area (Å²) in [4.78, 5) is 2.45. The van der Waals surface area contributed by atoms with Gasteiger partial charge < -0.3 is 5.32 Å². The molecule has 0 aromatic heterocycles. The van der Waals surface area contributed by atoms with Crippen molar-refractivity contribution in [3.63, 3.8) is 0 Å². The van der Waals surface area contributed by atoms with Gasteiger partial charge >= 0.3 is 0 Å². The van der Waals surface area contributed by atoms with Crippen LogP contribution in [0, 0.1) is 0 Å². The third-order valence-electron chi connectivity index (χ3n) is 3.57. The molecule has 1 aliphatic heterocycles. The lowest BCUT2D eigenvalue weighted by Gasteiger charge is -2.36. The van der Waals surface area contributed by atoms with Crippen molar-refractivity contribution in [2.75, 3.05) is 26.2 Å². The highest BCUT2D eigenvalue weighted by Crippen LogP contribution is 2.40. The third-order valence-corrected chi connectivity index (χ3v) is 4.72. The highest BCUT2D eigenvalue weighted by molar-refractivity contribution is 6.44. The van der Waals surface area contributed by atoms with Crippen molar-refractivity contribution in [1.82, 2.24) is 10.2 Å². The van der Waals surface area contributed by atoms with E-state index in [0.717, 1.165) is 44.6 Å². The Kier molecular flexibility index (Phi) is 5.79. The molecule has 0 saturated carbocycles. The van der Waals surface area contributed by atoms with Gasteiger partial charge in [0.05, 0.1) is 10.0 Å². The number of piperazine rings is 1. The molecular formula is C14H19Cl3N2. The zero-order valence-corrected chi connectivity index (χ0v) is 13.3. The van der Waals surface area contributed by atoms with Crippen LogP contribution in [0.2, 0.25) is 15.1 Å². The predicted octanol–water partition coefficient (Wildman–Crippen LogP) is 4.39. The van der Waals surface area contributed by atoms with E-state index in [9.17, 15) is 0 Å². The van der Waals surface area contributed by atoms with Crippen LogP contribution in [0.1, 0.15) is 31.4 Å². The molecule has 0 unspecified atom stereocenters. The summed E-state index contributed by atoms with van der Waals surface area (Å²) < 4.78 is 0. The van der Waals surface area contributed by atoms with E-state index in [2.05, 4.69) is 17.1 Å². The number of hydrogen-bond acceptors (Lipinski definition) is 2. The molecule has 0 aliphatic carbocycles. The highest BCUT2D eigenvalue weighted by atomic mass is 35.5. The molecule has 1 aromatic carbocycles. The van der Waals surface area contributed by atoms with Crippen LogP contribution in [0.5, 0.6) is 0 Å². The quantitative estimate of drug-likeness (QED) is 0.827. The van der Waals surface area contributed by atoms with Gasteiger partial charge in [-0.25, -0.2) is 0 Å². The van der Waals surface area contributed by atoms with Crippen LogP contribution in [0.3, 0.4) is 0 Å². The number of hydrogen-bond donors (Lipinski definition) is 1. The van der Waals surface area contributed by atoms with Crippen LogP contribution in [-0.4, -0.2) is 31.1 Å². The summed E-state index contributed by atoms with van der Waals surface area (Å²) in [6, 6.07) is 3.86. The lowest BCUT2D eigenvalue weighted by atomic mass is 9.99. The minimum atomic E-state index is 0.255. The second kappa shape index (κ2) is 7.14. The minimum Gasteiger partial charge on any atom is -0.314 e. The molecule has 1 aliphatic rings. The van der Waals surface area contributed by atoms with Crippen molar-refractivity contribution >= 4 is 34.8 Å². The molecule has 106 valence electrons. The number of nitrogens with zero attached hydrogens (tertiary/aromatic N) is 1. The van der Waals surface area contributed by atoms with E-state index in [-0.39, 0.29) is 6.04 Å². The van der Waals surface area contributed by atoms with Crippen molar-refractivity contribution in [2.45, 2.75) is 25.8 Å². The molecule has 0 amide bonds. The summed E-state index contributed by atoms with van der Waals surface area (Å²) in [7, 11) is 0. The molecule has 0 spiro atoms. The molecule has 1 N–H and O–H groups in total. The first-order chi connectivity index (χ1) is 9.15. The van der Waals surface area contributed by atoms with Crippen LogP contribution in [-0.2, 0) is 0 Å². The lowest BCUT2D eigenvalue weighted by Crippen LogP contribution is -2.45. The first-order valence-electron chi connectivity index (χ1n) is 6.73. The Labute approximate surface area is 130 Å². The van der Waals surface area contributed by atoms with E-state index in [4.69, 9.17) is 34.8 Å². The summed E-state index contributed by atoms with van der Waals surface area (Å²) in [5.41, 5.74) is 0.986. The molecule has 19 heavy (non-hydrogen) atoms. The second-order valence-electron chi connectivity index (χ2n) is 4.85. The van der Waals surface area contributed by atoms with Crippen molar-refractivity contribution < 1.29 is 0 Å². The number of nitrogens with one attached hydrogen (secondary N) is 1. The van der Waals surface area contributed by atoms with Crippen LogP contribution >= 0.6 is 34.8 Å². The number of halogens is 3. The van der Waals surface area contributed by atoms with Gasteiger partial charge in [0.2, 0.25) is 0 Å². The largest absolute Gasteiger partial charge is 0.314 e. The number of benzene rings is 1. The zero-order valence-electron chi connectivity index (χ0n) is 11.1. The molecule has 2 nitrogen and oxygen atoms in total. The molecule has 1 saturated heterocycles. The number of rotatable bonds is 4. The van der Waals surface area contributed by atoms with Crippen LogP contribution < -0.4 is 5.32 Å². The average molecular weight is 322 g/mol. The standard InChI is InChI=1S/C14H19Cl3N2/c1-2-3-12(19-8-6-18-7-9-19)13-10(15)4-5-11(16)14(13)17/h4-5,12,18H,2-3,6-9H2,1H3/t12-/m0/s1. The summed E-state index contributed by atoms with van der Waals surface area (Å²) >= 11 is 18.9. The lowest BCUT2D eigenvalue weighted by molar-refractivity contribution is 0.165. The van der Waals surface area contributed by atoms with Crippen molar-refractivity contribution in [3.8, 4) is 0 Å². The minimum absolute atomic E-state index is 0.255. The Morgan fingerprint density at radius 3 is 2.42 bits per heavy atom. The van der Waals surface area contributed by atoms with Gasteiger partial charge in [-0.2, -0.15) is 0 Å². The van der Waals surface area contributed by atoms with Gasteiger partial charge in [0.1, 0.15) is 0 Å². The second-order valence-corrected chi connectivity index (χ2v) is 6.04. The van der Waals surface area contributed by atoms with Gasteiger partial charge in [0.25, 0.3) is 0 Å². The van der Waals surface area contributed by atoms with Crippen LogP contribution in [0.15, 0.2) is 12.1 Å². The monoisotopic (exact) mass is 320 g/mol. The molecule has 0 bridgehead atoms. The van der Waals surface area contributed by atoms with Gasteiger partial charge in [-0.1, -0.05) is 48.1 Å². The highest BCUT2D eigenvalue weighted by Gasteiger charge is 2.26. The van der Waals surface area contributed by atoms with Gasteiger partial charge in [-0.15, -0.1) is 0 Å². The molecule has 1 heterocycles. The van der Waals surface area contributed by atoms with Gasteiger partial charge in [0.15, 0.2) is 0 Å². The van der Waals surface area contributed by atoms with E-state index in [1.165, 1.54) is 0 Å². The fraction of sp³-hybridized carbons (Fsp3) is 0.571. The summed E-state index contributed by atoms with van der Waals surface area (Å²) in [6.45, 7) is 6.24. The molecule has 1 atom stereocenters. The van der Waals surface area contributed by atoms with E-state index < -0.39 is 0 Å². The molecular weight excluding hydrogens is 303 g/mol. The fourth-order valence-electron chi connectivity index (χ4n) is 2.62. The maximum absolute atomic E-state index is 6.39. The van der Waals surface area contributed by atoms with Gasteiger partial charge in [-0.3, -0.25) is 4.90 Å². The van der Waals surface area contributed by atoms with E-state index in [1.807, 2.05) is 6.07 Å². The van der Waals surface area contributed by atoms with E-state index >= 15 is 0 Å².